The average Bonchev–Trinajstić information content (AvgIpc) is 3.04. The largest absolute Gasteiger partial charge is 0.480 e. The van der Waals surface area contributed by atoms with E-state index in [1.54, 1.807) is 12.2 Å². The van der Waals surface area contributed by atoms with E-state index in [4.69, 9.17) is 0 Å². The lowest BCUT2D eigenvalue weighted by molar-refractivity contribution is -0.142. The number of amides is 1. The summed E-state index contributed by atoms with van der Waals surface area (Å²) in [6, 6.07) is -0.915. The van der Waals surface area contributed by atoms with Crippen LogP contribution in [0.5, 0.6) is 0 Å². The Bertz CT molecular complexity index is 748. The maximum atomic E-state index is 12.5. The van der Waals surface area contributed by atoms with E-state index in [0.717, 1.165) is 19.3 Å². The second-order valence-electron chi connectivity index (χ2n) is 10.9. The molecule has 4 N–H and O–H groups in total. The molecular formula is C28H47NO7. The number of Topliss-reactive ketones (excluding diaryl/α,β-unsaturated/α-hetero) is 2. The van der Waals surface area contributed by atoms with Crippen LogP contribution < -0.4 is 5.32 Å². The molecule has 0 aromatic heterocycles. The van der Waals surface area contributed by atoms with Crippen molar-refractivity contribution in [2.24, 2.45) is 23.7 Å². The summed E-state index contributed by atoms with van der Waals surface area (Å²) in [6.07, 6.45) is 7.39. The third-order valence-electron chi connectivity index (χ3n) is 6.88. The van der Waals surface area contributed by atoms with Gasteiger partial charge >= 0.3 is 5.97 Å². The summed E-state index contributed by atoms with van der Waals surface area (Å²) in [5, 5.41) is 32.4. The maximum Gasteiger partial charge on any atom is 0.326 e. The third-order valence-corrected chi connectivity index (χ3v) is 6.88. The Morgan fingerprint density at radius 2 is 1.75 bits per heavy atom. The van der Waals surface area contributed by atoms with E-state index in [1.165, 1.54) is 0 Å². The monoisotopic (exact) mass is 509 g/mol. The van der Waals surface area contributed by atoms with Gasteiger partial charge < -0.3 is 20.6 Å². The summed E-state index contributed by atoms with van der Waals surface area (Å²) in [7, 11) is 0. The third kappa shape index (κ3) is 12.3. The van der Waals surface area contributed by atoms with Crippen LogP contribution in [-0.4, -0.2) is 57.0 Å². The van der Waals surface area contributed by atoms with Crippen LogP contribution in [0.1, 0.15) is 98.3 Å². The van der Waals surface area contributed by atoms with E-state index in [0.29, 0.717) is 31.6 Å². The molecule has 206 valence electrons. The average molecular weight is 510 g/mol. The molecule has 1 saturated carbocycles. The number of aliphatic hydroxyl groups is 2. The number of rotatable bonds is 18. The molecule has 1 fully saturated rings. The van der Waals surface area contributed by atoms with E-state index in [-0.39, 0.29) is 49.1 Å². The Kier molecular flexibility index (Phi) is 14.8. The van der Waals surface area contributed by atoms with Crippen LogP contribution in [-0.2, 0) is 19.2 Å². The van der Waals surface area contributed by atoms with Crippen molar-refractivity contribution in [3.8, 4) is 0 Å². The molecule has 0 spiro atoms. The first-order chi connectivity index (χ1) is 16.9. The zero-order chi connectivity index (χ0) is 27.3. The number of ketones is 2. The lowest BCUT2D eigenvalue weighted by atomic mass is 9.87. The highest BCUT2D eigenvalue weighted by Crippen LogP contribution is 2.34. The topological polar surface area (TPSA) is 141 Å². The minimum atomic E-state index is -1.06. The number of hydrogen-bond acceptors (Lipinski definition) is 6. The van der Waals surface area contributed by atoms with E-state index < -0.39 is 36.1 Å². The Morgan fingerprint density at radius 1 is 1.08 bits per heavy atom. The van der Waals surface area contributed by atoms with Crippen molar-refractivity contribution in [1.82, 2.24) is 5.32 Å². The quantitative estimate of drug-likeness (QED) is 0.163. The van der Waals surface area contributed by atoms with Gasteiger partial charge in [-0.05, 0) is 37.5 Å². The van der Waals surface area contributed by atoms with Crippen molar-refractivity contribution in [2.45, 2.75) is 117 Å². The lowest BCUT2D eigenvalue weighted by Gasteiger charge is -2.18. The number of hydrogen-bond donors (Lipinski definition) is 4. The molecule has 0 aliphatic heterocycles. The summed E-state index contributed by atoms with van der Waals surface area (Å²) >= 11 is 0. The highest BCUT2D eigenvalue weighted by atomic mass is 16.4. The molecule has 8 nitrogen and oxygen atoms in total. The molecule has 6 atom stereocenters. The molecule has 8 heteroatoms. The van der Waals surface area contributed by atoms with Gasteiger partial charge in [-0.25, -0.2) is 4.79 Å². The van der Waals surface area contributed by atoms with Crippen molar-refractivity contribution >= 4 is 23.4 Å². The molecule has 0 saturated heterocycles. The van der Waals surface area contributed by atoms with Gasteiger partial charge in [0.2, 0.25) is 5.91 Å². The summed E-state index contributed by atoms with van der Waals surface area (Å²) in [5.74, 6) is -2.21. The van der Waals surface area contributed by atoms with Crippen LogP contribution in [0.15, 0.2) is 12.2 Å². The van der Waals surface area contributed by atoms with Crippen LogP contribution in [0.3, 0.4) is 0 Å². The first kappa shape index (κ1) is 32.0. The Hall–Kier alpha value is -2.06. The van der Waals surface area contributed by atoms with Crippen molar-refractivity contribution in [2.75, 3.05) is 0 Å². The van der Waals surface area contributed by atoms with Crippen molar-refractivity contribution in [1.29, 1.82) is 0 Å². The van der Waals surface area contributed by atoms with Crippen LogP contribution >= 0.6 is 0 Å². The van der Waals surface area contributed by atoms with Gasteiger partial charge in [-0.2, -0.15) is 0 Å². The highest BCUT2D eigenvalue weighted by Gasteiger charge is 2.40. The van der Waals surface area contributed by atoms with Crippen LogP contribution in [0, 0.1) is 23.7 Å². The predicted molar refractivity (Wildman–Crippen MR) is 138 cm³/mol. The zero-order valence-electron chi connectivity index (χ0n) is 22.4. The number of nitrogens with one attached hydrogen (secondary N) is 1. The van der Waals surface area contributed by atoms with E-state index in [2.05, 4.69) is 19.2 Å². The number of carboxylic acids is 1. The first-order valence-electron chi connectivity index (χ1n) is 13.6. The van der Waals surface area contributed by atoms with Gasteiger partial charge in [0.1, 0.15) is 17.6 Å². The predicted octanol–water partition coefficient (Wildman–Crippen LogP) is 3.82. The fourth-order valence-corrected chi connectivity index (χ4v) is 4.82. The standard InChI is InChI=1S/C28H47NO7/c1-5-6-9-19(4)15-21(31)12-13-22-23(26(33)17-25(22)32)16-20(30)10-7-8-11-27(34)29-24(28(35)36)14-18(2)3/h12-13,18-19,21-25,31-32H,5-11,14-17H2,1-4H3,(H,29,34)(H,35,36)/b13-12+/t19-,21-,22+,23+,24-,25+/m0/s1. The molecule has 0 bridgehead atoms. The van der Waals surface area contributed by atoms with Crippen molar-refractivity contribution in [3.05, 3.63) is 12.2 Å². The van der Waals surface area contributed by atoms with Crippen LogP contribution in [0.4, 0.5) is 0 Å². The molecule has 0 radical (unpaired) electrons. The number of unbranched alkanes of at least 4 members (excludes halogenated alkanes) is 2. The zero-order valence-corrected chi connectivity index (χ0v) is 22.4. The van der Waals surface area contributed by atoms with E-state index in [1.807, 2.05) is 13.8 Å². The van der Waals surface area contributed by atoms with Gasteiger partial charge in [-0.15, -0.1) is 0 Å². The molecule has 0 aromatic rings. The Balaban J connectivity index is 2.48. The Labute approximate surface area is 215 Å². The van der Waals surface area contributed by atoms with Crippen molar-refractivity contribution in [3.63, 3.8) is 0 Å². The fourth-order valence-electron chi connectivity index (χ4n) is 4.82. The molecule has 1 rings (SSSR count). The van der Waals surface area contributed by atoms with E-state index in [9.17, 15) is 34.5 Å². The smallest absolute Gasteiger partial charge is 0.326 e. The number of carbonyl (C=O) groups excluding carboxylic acids is 3. The van der Waals surface area contributed by atoms with Crippen LogP contribution in [0.2, 0.25) is 0 Å². The second-order valence-corrected chi connectivity index (χ2v) is 10.9. The number of carbonyl (C=O) groups is 4. The molecule has 0 unspecified atom stereocenters. The summed E-state index contributed by atoms with van der Waals surface area (Å²) < 4.78 is 0. The second kappa shape index (κ2) is 16.6. The normalized spacial score (nSPS) is 22.6. The van der Waals surface area contributed by atoms with Gasteiger partial charge in [-0.3, -0.25) is 14.4 Å². The summed E-state index contributed by atoms with van der Waals surface area (Å²) in [5.41, 5.74) is 0. The SMILES string of the molecule is CCCC[C@H](C)C[C@@H](O)/C=C/[C@H]1[C@H](O)CC(=O)[C@@H]1CC(=O)CCCCC(=O)N[C@@H](CC(C)C)C(=O)O. The van der Waals surface area contributed by atoms with Gasteiger partial charge in [0.05, 0.1) is 12.2 Å². The van der Waals surface area contributed by atoms with E-state index >= 15 is 0 Å². The molecule has 1 amide bonds. The molecule has 1 aliphatic carbocycles. The molecule has 0 heterocycles. The lowest BCUT2D eigenvalue weighted by Crippen LogP contribution is -2.41. The number of aliphatic hydroxyl groups excluding tert-OH is 2. The van der Waals surface area contributed by atoms with Gasteiger partial charge in [0, 0.05) is 37.5 Å². The number of aliphatic carboxylic acids is 1. The van der Waals surface area contributed by atoms with Crippen molar-refractivity contribution < 1.29 is 34.5 Å². The minimum Gasteiger partial charge on any atom is -0.480 e. The summed E-state index contributed by atoms with van der Waals surface area (Å²) in [6.45, 7) is 8.01. The molecule has 36 heavy (non-hydrogen) atoms. The van der Waals surface area contributed by atoms with Gasteiger partial charge in [-0.1, -0.05) is 59.1 Å². The molecule has 0 aromatic carbocycles. The fraction of sp³-hybridized carbons (Fsp3) is 0.786. The molecule has 1 aliphatic rings. The Morgan fingerprint density at radius 3 is 2.36 bits per heavy atom. The van der Waals surface area contributed by atoms with Crippen LogP contribution in [0.25, 0.3) is 0 Å². The minimum absolute atomic E-state index is 0.0112. The van der Waals surface area contributed by atoms with Gasteiger partial charge in [0.15, 0.2) is 0 Å². The number of carboxylic acid groups (broad SMARTS) is 1. The van der Waals surface area contributed by atoms with Gasteiger partial charge in [0.25, 0.3) is 0 Å². The maximum absolute atomic E-state index is 12.5. The first-order valence-corrected chi connectivity index (χ1v) is 13.6. The summed E-state index contributed by atoms with van der Waals surface area (Å²) in [4.78, 5) is 48.3. The molecular weight excluding hydrogens is 462 g/mol. The highest BCUT2D eigenvalue weighted by molar-refractivity contribution is 5.90.